The van der Waals surface area contributed by atoms with Crippen LogP contribution in [0, 0.1) is 24.7 Å². The van der Waals surface area contributed by atoms with Gasteiger partial charge >= 0.3 is 18.0 Å². The van der Waals surface area contributed by atoms with Gasteiger partial charge in [0, 0.05) is 45.0 Å². The molecule has 19 amide bonds. The third-order valence-corrected chi connectivity index (χ3v) is 24.4. The zero-order valence-electron chi connectivity index (χ0n) is 79.7. The number of benzene rings is 4. The van der Waals surface area contributed by atoms with Crippen molar-refractivity contribution in [1.29, 1.82) is 0 Å². The molecule has 4 aromatic carbocycles. The van der Waals surface area contributed by atoms with Gasteiger partial charge in [0.15, 0.2) is 0 Å². The number of phenolic OH excluding ortho intramolecular Hbond substituents is 1. The van der Waals surface area contributed by atoms with E-state index in [1.54, 1.807) is 69.3 Å². The van der Waals surface area contributed by atoms with Crippen molar-refractivity contribution < 1.29 is 116 Å². The molecule has 1 heterocycles. The number of urea groups is 1. The van der Waals surface area contributed by atoms with Crippen LogP contribution in [-0.2, 0) is 110 Å². The average molecular weight is 1960 g/mol. The van der Waals surface area contributed by atoms with Gasteiger partial charge in [0.05, 0.1) is 24.2 Å². The van der Waals surface area contributed by atoms with E-state index in [4.69, 9.17) is 22.9 Å². The molecule has 1 aliphatic heterocycles. The lowest BCUT2D eigenvalue weighted by molar-refractivity contribution is -0.143. The van der Waals surface area contributed by atoms with E-state index in [0.717, 1.165) is 49.1 Å². The number of aromatic hydroxyl groups is 1. The number of nitrogens with one attached hydrogen (secondary N) is 15. The highest BCUT2D eigenvalue weighted by Crippen LogP contribution is 2.29. The van der Waals surface area contributed by atoms with Crippen molar-refractivity contribution in [2.45, 2.75) is 268 Å². The second kappa shape index (κ2) is 55.5. The van der Waals surface area contributed by atoms with Gasteiger partial charge in [-0.15, -0.1) is 11.8 Å². The number of nitrogens with two attached hydrogens (primary N) is 4. The molecule has 6 rings (SSSR count). The van der Waals surface area contributed by atoms with Gasteiger partial charge in [-0.1, -0.05) is 156 Å². The van der Waals surface area contributed by atoms with Crippen LogP contribution in [-0.4, -0.2) is 272 Å². The molecule has 15 atom stereocenters. The lowest BCUT2D eigenvalue weighted by Gasteiger charge is -2.33. The number of carboxylic acid groups (broad SMARTS) is 2. The summed E-state index contributed by atoms with van der Waals surface area (Å²) < 4.78 is 0. The average Bonchev–Trinajstić information content (AvgIpc) is 0.815. The van der Waals surface area contributed by atoms with Gasteiger partial charge in [0.1, 0.15) is 96.4 Å². The summed E-state index contributed by atoms with van der Waals surface area (Å²) in [5.41, 5.74) is 23.4. The minimum Gasteiger partial charge on any atom is -0.508 e. The zero-order chi connectivity index (χ0) is 103. The van der Waals surface area contributed by atoms with Crippen LogP contribution < -0.4 is 103 Å². The summed E-state index contributed by atoms with van der Waals surface area (Å²) in [6, 6.07) is 0.392. The number of nitrogens with zero attached hydrogens (tertiary/aromatic N) is 1. The molecule has 760 valence electrons. The molecule has 0 spiro atoms. The summed E-state index contributed by atoms with van der Waals surface area (Å²) in [7, 11) is 1.22. The molecule has 0 bridgehead atoms. The zero-order valence-corrected chi connectivity index (χ0v) is 80.5. The molecule has 1 aliphatic carbocycles. The maximum Gasteiger partial charge on any atom is 0.312 e. The Kier molecular flexibility index (Phi) is 45.5. The van der Waals surface area contributed by atoms with Gasteiger partial charge < -0.3 is 128 Å². The summed E-state index contributed by atoms with van der Waals surface area (Å²) in [4.78, 5) is 286. The highest BCUT2D eigenvalue weighted by Gasteiger charge is 2.43. The molecular weight excluding hydrogens is 1830 g/mol. The predicted octanol–water partition coefficient (Wildman–Crippen LogP) is -2.26. The number of primary amides is 3. The molecule has 1 saturated heterocycles. The first-order valence-corrected chi connectivity index (χ1v) is 47.2. The lowest BCUT2D eigenvalue weighted by atomic mass is 9.84. The van der Waals surface area contributed by atoms with Gasteiger partial charge in [-0.3, -0.25) is 91.1 Å². The molecule has 2 aliphatic rings. The fourth-order valence-corrected chi connectivity index (χ4v) is 16.4. The predicted molar refractivity (Wildman–Crippen MR) is 509 cm³/mol. The van der Waals surface area contributed by atoms with Gasteiger partial charge in [-0.2, -0.15) is 0 Å². The SMILES string of the molecule is Cc1cccc(C[C@@H]2NC(=O)[C@H](CC(=O)O)NC(=O)[C@H](Cc3ccc(O)cc3)NC(=O)[C@H](CC(N)=O)NC(=O)CSC[C@@H](C(=O)N[C@H](C)C(N)=O)NC(=O)[C@H](CCC(=O)O)NC(=O)[C@H](C(C)C)NC(=O)[C@H](CC3CCCCC3)NC(=O)[C@H](CCN)NC(=O)[C@@H](CC(C)C)NC(=O)[C@H](C)N(C)C(=O)[C@H](CCCNC(N)=O)NC(=O)[C@H](Cc3ccc(-c4ccccc4)cc3)NC(=O)[C@H](C(C)(C)O)NC2=O)c1. The van der Waals surface area contributed by atoms with Gasteiger partial charge in [-0.05, 0) is 137 Å². The molecule has 27 N–H and O–H groups in total. The van der Waals surface area contributed by atoms with Crippen LogP contribution in [0.15, 0.2) is 103 Å². The summed E-state index contributed by atoms with van der Waals surface area (Å²) in [6.07, 6.45) is -2.21. The van der Waals surface area contributed by atoms with Gasteiger partial charge in [0.25, 0.3) is 0 Å². The van der Waals surface area contributed by atoms with Crippen molar-refractivity contribution in [2.75, 3.05) is 31.6 Å². The quantitative estimate of drug-likeness (QED) is 0.0255. The topological polar surface area (TPSA) is 710 Å². The maximum atomic E-state index is 15.4. The van der Waals surface area contributed by atoms with E-state index in [-0.39, 0.29) is 74.8 Å². The Hall–Kier alpha value is -13.9. The first-order valence-electron chi connectivity index (χ1n) is 46.0. The Morgan fingerprint density at radius 1 is 0.511 bits per heavy atom. The Morgan fingerprint density at radius 3 is 1.55 bits per heavy atom. The Balaban J connectivity index is 1.51. The van der Waals surface area contributed by atoms with Crippen LogP contribution in [0.4, 0.5) is 4.79 Å². The number of thioether (sulfide) groups is 1. The Labute approximate surface area is 809 Å². The molecule has 2 fully saturated rings. The van der Waals surface area contributed by atoms with Gasteiger partial charge in [0.2, 0.25) is 100 Å². The molecule has 139 heavy (non-hydrogen) atoms. The normalized spacial score (nSPS) is 23.8. The molecule has 0 aromatic heterocycles. The van der Waals surface area contributed by atoms with Crippen LogP contribution >= 0.6 is 11.8 Å². The number of hydrogen-bond donors (Lipinski definition) is 23. The van der Waals surface area contributed by atoms with E-state index in [1.807, 2.05) is 30.3 Å². The summed E-state index contributed by atoms with van der Waals surface area (Å²) in [6.45, 7) is 12.5. The first kappa shape index (κ1) is 114. The second-order valence-corrected chi connectivity index (χ2v) is 37.3. The number of rotatable bonds is 29. The number of aliphatic carboxylic acids is 2. The number of amides is 19. The molecule has 44 nitrogen and oxygen atoms in total. The van der Waals surface area contributed by atoms with Crippen molar-refractivity contribution in [2.24, 2.45) is 40.7 Å². The van der Waals surface area contributed by atoms with Gasteiger partial charge in [-0.25, -0.2) is 4.79 Å². The third kappa shape index (κ3) is 38.6. The van der Waals surface area contributed by atoms with Crippen molar-refractivity contribution in [3.05, 3.63) is 125 Å². The molecule has 0 unspecified atom stereocenters. The van der Waals surface area contributed by atoms with E-state index in [2.05, 4.69) is 79.8 Å². The highest BCUT2D eigenvalue weighted by molar-refractivity contribution is 8.00. The van der Waals surface area contributed by atoms with E-state index in [0.29, 0.717) is 41.3 Å². The summed E-state index contributed by atoms with van der Waals surface area (Å²) >= 11 is 0.585. The summed E-state index contributed by atoms with van der Waals surface area (Å²) in [5.74, 6) is -25.2. The number of likely N-dealkylation sites (N-methyl/N-ethyl adjacent to an activating group) is 1. The van der Waals surface area contributed by atoms with Crippen LogP contribution in [0.2, 0.25) is 0 Å². The van der Waals surface area contributed by atoms with E-state index in [1.165, 1.54) is 59.0 Å². The Morgan fingerprint density at radius 2 is 1.00 bits per heavy atom. The number of phenols is 1. The van der Waals surface area contributed by atoms with Crippen molar-refractivity contribution in [1.82, 2.24) is 84.7 Å². The van der Waals surface area contributed by atoms with Crippen molar-refractivity contribution in [3.63, 3.8) is 0 Å². The molecule has 1 saturated carbocycles. The van der Waals surface area contributed by atoms with E-state index in [9.17, 15) is 97.1 Å². The number of carboxylic acids is 2. The number of hydrogen-bond acceptors (Lipinski definition) is 24. The minimum atomic E-state index is -2.32. The second-order valence-electron chi connectivity index (χ2n) is 36.2. The largest absolute Gasteiger partial charge is 0.508 e. The Bertz CT molecular complexity index is 4980. The maximum absolute atomic E-state index is 15.4. The lowest BCUT2D eigenvalue weighted by Crippen LogP contribution is -2.64. The van der Waals surface area contributed by atoms with Crippen LogP contribution in [0.1, 0.15) is 168 Å². The van der Waals surface area contributed by atoms with Crippen LogP contribution in [0.25, 0.3) is 11.1 Å². The molecular formula is C94H134N20O24S. The van der Waals surface area contributed by atoms with Crippen molar-refractivity contribution >= 4 is 130 Å². The number of carbonyl (C=O) groups excluding carboxylic acids is 18. The number of carbonyl (C=O) groups is 20. The van der Waals surface area contributed by atoms with Crippen LogP contribution in [0.5, 0.6) is 5.75 Å². The van der Waals surface area contributed by atoms with E-state index >= 15 is 19.2 Å². The van der Waals surface area contributed by atoms with E-state index < -0.39 is 271 Å². The van der Waals surface area contributed by atoms with Crippen molar-refractivity contribution in [3.8, 4) is 16.9 Å². The first-order chi connectivity index (χ1) is 65.5. The smallest absolute Gasteiger partial charge is 0.312 e. The highest BCUT2D eigenvalue weighted by atomic mass is 32.2. The molecule has 0 radical (unpaired) electrons. The number of aliphatic hydroxyl groups is 1. The minimum absolute atomic E-state index is 0.00367. The molecule has 45 heteroatoms. The van der Waals surface area contributed by atoms with Crippen LogP contribution in [0.3, 0.4) is 0 Å². The fraction of sp³-hybridized carbons (Fsp3) is 0.532. The molecule has 4 aromatic rings. The monoisotopic (exact) mass is 1960 g/mol. The standard InChI is InChI=1S/C94H134N20O24S/c1-49(2)39-64-82(126)102-62(36-37-95)81(125)106-67(41-54-20-13-11-14-21-54)87(131)112-76(50(3)4)90(134)103-61(34-35-74(118)119)80(124)111-71(89(133)100-52(6)78(97)122)47-139-48-73(117)101-69(45-72(96)116)85(129)107-65(43-56-28-32-60(115)33-29-56)84(128)109-70(46-75(120)121)86(130)108-68(44-57-22-17-19-51(5)40-57)88(132)113-77(94(8,9)138)91(135)110-66(42-55-26-30-59(31-27-55)58-23-15-12-16-24-58)83(127)104-63(25-18-38-99-93(98)137)92(136)114(10)53(7)79(123)105-64/h12,15-17,19,22-24,26-33,40,49-50,52-54,61-71,76-77,115,138H,11,13-14,18,20-21,25,34-39,41-48,95H2,1-10H3,(H2,96,116)(H2,97,122)(H,100,133)(H,101,117)(H,102,126)(H,103,134)(H,104,127)(H,105,123)(H,106,125)(H,107,129)(H,108,130)(H,109,128)(H,110,135)(H,111,124)(H,112,131)(H,113,132)(H,118,119)(H,120,121)(H3,98,99,137)/t52-,53+,61+,62+,63+,64-,65+,66+,67+,68+,69+,70+,71+,76+,77-/m1/s1. The fourth-order valence-electron chi connectivity index (χ4n) is 15.5. The third-order valence-electron chi connectivity index (χ3n) is 23.3. The number of aryl methyl sites for hydroxylation is 1. The summed E-state index contributed by atoms with van der Waals surface area (Å²) in [5, 5.41) is 80.3.